The second-order valence-electron chi connectivity index (χ2n) is 7.82. The van der Waals surface area contributed by atoms with E-state index in [1.54, 1.807) is 0 Å². The molecular weight excluding hydrogens is 372 g/mol. The highest BCUT2D eigenvalue weighted by Crippen LogP contribution is 2.21. The lowest BCUT2D eigenvalue weighted by atomic mass is 10.1. The van der Waals surface area contributed by atoms with Gasteiger partial charge < -0.3 is 24.8 Å². The predicted octanol–water partition coefficient (Wildman–Crippen LogP) is -1.12. The topological polar surface area (TPSA) is 82.1 Å². The zero-order valence-electron chi connectivity index (χ0n) is 17.6. The van der Waals surface area contributed by atoms with E-state index in [4.69, 9.17) is 4.74 Å². The summed E-state index contributed by atoms with van der Waals surface area (Å²) in [6.07, 6.45) is 2.01. The summed E-state index contributed by atoms with van der Waals surface area (Å²) < 4.78 is 7.39. The van der Waals surface area contributed by atoms with Crippen LogP contribution in [0, 0.1) is 0 Å². The molecule has 0 saturated carbocycles. The Bertz CT molecular complexity index is 665. The van der Waals surface area contributed by atoms with Crippen molar-refractivity contribution in [3.05, 3.63) is 24.0 Å². The predicted molar refractivity (Wildman–Crippen MR) is 111 cm³/mol. The number of morpholine rings is 1. The van der Waals surface area contributed by atoms with Crippen molar-refractivity contribution < 1.29 is 14.3 Å². The highest BCUT2D eigenvalue weighted by Gasteiger charge is 2.26. The molecule has 9 heteroatoms. The molecular formula is C20H34N6O3. The van der Waals surface area contributed by atoms with Crippen molar-refractivity contribution in [3.63, 3.8) is 0 Å². The monoisotopic (exact) mass is 406 g/mol. The van der Waals surface area contributed by atoms with Gasteiger partial charge in [-0.05, 0) is 19.2 Å². The van der Waals surface area contributed by atoms with E-state index in [-0.39, 0.29) is 6.04 Å². The summed E-state index contributed by atoms with van der Waals surface area (Å²) in [4.78, 5) is 31.4. The minimum Gasteiger partial charge on any atom is -0.379 e. The maximum absolute atomic E-state index is 12.3. The van der Waals surface area contributed by atoms with E-state index < -0.39 is 11.8 Å². The molecule has 0 bridgehead atoms. The molecule has 0 aromatic carbocycles. The third-order valence-electron chi connectivity index (χ3n) is 5.78. The van der Waals surface area contributed by atoms with Crippen molar-refractivity contribution in [1.82, 2.24) is 29.9 Å². The molecule has 0 aliphatic carbocycles. The van der Waals surface area contributed by atoms with Gasteiger partial charge >= 0.3 is 11.8 Å². The molecule has 0 spiro atoms. The SMILES string of the molecule is CN1CCN(C(CNC(=O)C(=O)NCCN2CCOCC2)c2cccn2C)CC1. The van der Waals surface area contributed by atoms with Gasteiger partial charge in [0.15, 0.2) is 0 Å². The lowest BCUT2D eigenvalue weighted by molar-refractivity contribution is -0.139. The van der Waals surface area contributed by atoms with Crippen molar-refractivity contribution in [2.75, 3.05) is 79.2 Å². The van der Waals surface area contributed by atoms with Crippen LogP contribution >= 0.6 is 0 Å². The summed E-state index contributed by atoms with van der Waals surface area (Å²) in [6.45, 7) is 8.66. The van der Waals surface area contributed by atoms with Crippen LogP contribution in [0.3, 0.4) is 0 Å². The first-order valence-electron chi connectivity index (χ1n) is 10.4. The lowest BCUT2D eigenvalue weighted by Gasteiger charge is -2.38. The highest BCUT2D eigenvalue weighted by atomic mass is 16.5. The maximum atomic E-state index is 12.3. The van der Waals surface area contributed by atoms with Crippen LogP contribution in [0.2, 0.25) is 0 Å². The summed E-state index contributed by atoms with van der Waals surface area (Å²) in [5.74, 6) is -1.14. The van der Waals surface area contributed by atoms with Crippen molar-refractivity contribution in [1.29, 1.82) is 0 Å². The first kappa shape index (κ1) is 21.8. The van der Waals surface area contributed by atoms with Crippen LogP contribution in [0.25, 0.3) is 0 Å². The average Bonchev–Trinajstić information content (AvgIpc) is 3.15. The third-order valence-corrected chi connectivity index (χ3v) is 5.78. The summed E-state index contributed by atoms with van der Waals surface area (Å²) in [5.41, 5.74) is 1.14. The van der Waals surface area contributed by atoms with E-state index >= 15 is 0 Å². The van der Waals surface area contributed by atoms with E-state index in [9.17, 15) is 9.59 Å². The van der Waals surface area contributed by atoms with Crippen LogP contribution in [-0.2, 0) is 21.4 Å². The minimum atomic E-state index is -0.569. The fraction of sp³-hybridized carbons (Fsp3) is 0.700. The zero-order chi connectivity index (χ0) is 20.6. The molecule has 2 amide bonds. The van der Waals surface area contributed by atoms with Crippen LogP contribution in [0.1, 0.15) is 11.7 Å². The molecule has 0 radical (unpaired) electrons. The normalized spacial score (nSPS) is 20.3. The number of nitrogens with one attached hydrogen (secondary N) is 2. The summed E-state index contributed by atoms with van der Waals surface area (Å²) in [6, 6.07) is 4.14. The number of piperazine rings is 1. The Morgan fingerprint density at radius 3 is 2.38 bits per heavy atom. The van der Waals surface area contributed by atoms with E-state index in [1.807, 2.05) is 19.3 Å². The number of nitrogens with zero attached hydrogens (tertiary/aromatic N) is 4. The van der Waals surface area contributed by atoms with Crippen molar-refractivity contribution >= 4 is 11.8 Å². The first-order chi connectivity index (χ1) is 14.0. The number of hydrogen-bond donors (Lipinski definition) is 2. The quantitative estimate of drug-likeness (QED) is 0.558. The van der Waals surface area contributed by atoms with Gasteiger partial charge in [-0.3, -0.25) is 19.4 Å². The van der Waals surface area contributed by atoms with Gasteiger partial charge in [0, 0.05) is 77.8 Å². The number of ether oxygens (including phenoxy) is 1. The van der Waals surface area contributed by atoms with Gasteiger partial charge in [-0.2, -0.15) is 0 Å². The molecule has 1 aromatic rings. The molecule has 3 heterocycles. The summed E-state index contributed by atoms with van der Waals surface area (Å²) in [7, 11) is 4.14. The van der Waals surface area contributed by atoms with E-state index in [2.05, 4.69) is 43.0 Å². The van der Waals surface area contributed by atoms with Crippen LogP contribution < -0.4 is 10.6 Å². The maximum Gasteiger partial charge on any atom is 0.309 e. The van der Waals surface area contributed by atoms with Gasteiger partial charge in [0.25, 0.3) is 0 Å². The number of rotatable bonds is 7. The Hall–Kier alpha value is -1.94. The lowest BCUT2D eigenvalue weighted by Crippen LogP contribution is -2.50. The molecule has 9 nitrogen and oxygen atoms in total. The van der Waals surface area contributed by atoms with Crippen LogP contribution in [-0.4, -0.2) is 110 Å². The number of hydrogen-bond acceptors (Lipinski definition) is 6. The Morgan fingerprint density at radius 1 is 1.03 bits per heavy atom. The molecule has 1 unspecified atom stereocenters. The number of carbonyl (C=O) groups excluding carboxylic acids is 2. The standard InChI is InChI=1S/C20H34N6O3/c1-23-8-10-26(11-9-23)18(17-4-3-6-24(17)2)16-22-20(28)19(27)21-5-7-25-12-14-29-15-13-25/h3-4,6,18H,5,7-16H2,1-2H3,(H,21,27)(H,22,28). The Morgan fingerprint density at radius 2 is 1.72 bits per heavy atom. The second kappa shape index (κ2) is 10.7. The molecule has 2 fully saturated rings. The summed E-state index contributed by atoms with van der Waals surface area (Å²) >= 11 is 0. The fourth-order valence-corrected chi connectivity index (χ4v) is 3.88. The van der Waals surface area contributed by atoms with Gasteiger partial charge in [-0.25, -0.2) is 0 Å². The van der Waals surface area contributed by atoms with Gasteiger partial charge in [0.2, 0.25) is 0 Å². The molecule has 1 atom stereocenters. The Balaban J connectivity index is 1.48. The van der Waals surface area contributed by atoms with Crippen LogP contribution in [0.4, 0.5) is 0 Å². The fourth-order valence-electron chi connectivity index (χ4n) is 3.88. The molecule has 1 aromatic heterocycles. The Labute approximate surface area is 172 Å². The summed E-state index contributed by atoms with van der Waals surface area (Å²) in [5, 5.41) is 5.57. The highest BCUT2D eigenvalue weighted by molar-refractivity contribution is 6.35. The van der Waals surface area contributed by atoms with Gasteiger partial charge in [-0.1, -0.05) is 0 Å². The van der Waals surface area contributed by atoms with Crippen molar-refractivity contribution in [3.8, 4) is 0 Å². The molecule has 29 heavy (non-hydrogen) atoms. The zero-order valence-corrected chi connectivity index (χ0v) is 17.6. The number of aromatic nitrogens is 1. The van der Waals surface area contributed by atoms with E-state index in [1.165, 1.54) is 0 Å². The molecule has 2 N–H and O–H groups in total. The van der Waals surface area contributed by atoms with E-state index in [0.717, 1.165) is 64.7 Å². The van der Waals surface area contributed by atoms with Crippen molar-refractivity contribution in [2.24, 2.45) is 7.05 Å². The molecule has 2 aliphatic rings. The molecule has 162 valence electrons. The smallest absolute Gasteiger partial charge is 0.309 e. The van der Waals surface area contributed by atoms with E-state index in [0.29, 0.717) is 13.1 Å². The van der Waals surface area contributed by atoms with Crippen molar-refractivity contribution in [2.45, 2.75) is 6.04 Å². The number of likely N-dealkylation sites (N-methyl/N-ethyl adjacent to an activating group) is 1. The van der Waals surface area contributed by atoms with Gasteiger partial charge in [0.05, 0.1) is 19.3 Å². The first-order valence-corrected chi connectivity index (χ1v) is 10.4. The number of carbonyl (C=O) groups is 2. The average molecular weight is 407 g/mol. The molecule has 3 rings (SSSR count). The minimum absolute atomic E-state index is 0.0498. The Kier molecular flexibility index (Phi) is 8.05. The largest absolute Gasteiger partial charge is 0.379 e. The number of amides is 2. The molecule has 2 aliphatic heterocycles. The second-order valence-corrected chi connectivity index (χ2v) is 7.82. The molecule has 2 saturated heterocycles. The third kappa shape index (κ3) is 6.27. The van der Waals surface area contributed by atoms with Gasteiger partial charge in [-0.15, -0.1) is 0 Å². The number of aryl methyl sites for hydroxylation is 1. The van der Waals surface area contributed by atoms with Crippen LogP contribution in [0.15, 0.2) is 18.3 Å². The van der Waals surface area contributed by atoms with Crippen LogP contribution in [0.5, 0.6) is 0 Å². The van der Waals surface area contributed by atoms with Gasteiger partial charge in [0.1, 0.15) is 0 Å².